The van der Waals surface area contributed by atoms with Gasteiger partial charge in [-0.1, -0.05) is 28.1 Å². The van der Waals surface area contributed by atoms with Crippen LogP contribution in [0.5, 0.6) is 11.5 Å². The normalized spacial score (nSPS) is 10.5. The third-order valence-electron chi connectivity index (χ3n) is 3.23. The van der Waals surface area contributed by atoms with E-state index in [-0.39, 0.29) is 0 Å². The van der Waals surface area contributed by atoms with Crippen LogP contribution in [0.3, 0.4) is 0 Å². The predicted molar refractivity (Wildman–Crippen MR) is 89.0 cm³/mol. The van der Waals surface area contributed by atoms with Gasteiger partial charge in [-0.2, -0.15) is 0 Å². The number of hydrogen-bond acceptors (Lipinski definition) is 3. The van der Waals surface area contributed by atoms with Crippen molar-refractivity contribution in [3.8, 4) is 11.5 Å². The topological polar surface area (TPSA) is 30.5 Å². The van der Waals surface area contributed by atoms with Gasteiger partial charge in [0.05, 0.1) is 7.11 Å². The third kappa shape index (κ3) is 4.22. The SMILES string of the molecule is CNCc1cc(Br)cc(C)c1OCc1ccc(OC)cc1. The first-order chi connectivity index (χ1) is 10.1. The molecule has 0 aliphatic heterocycles. The lowest BCUT2D eigenvalue weighted by Gasteiger charge is -2.15. The zero-order valence-corrected chi connectivity index (χ0v) is 14.2. The minimum atomic E-state index is 0.545. The Hall–Kier alpha value is -1.52. The van der Waals surface area contributed by atoms with Crippen LogP contribution in [0.15, 0.2) is 40.9 Å². The molecule has 0 fully saturated rings. The van der Waals surface area contributed by atoms with E-state index in [1.165, 1.54) is 0 Å². The van der Waals surface area contributed by atoms with E-state index in [4.69, 9.17) is 9.47 Å². The number of hydrogen-bond donors (Lipinski definition) is 1. The summed E-state index contributed by atoms with van der Waals surface area (Å²) in [6, 6.07) is 12.1. The molecule has 3 nitrogen and oxygen atoms in total. The highest BCUT2D eigenvalue weighted by molar-refractivity contribution is 9.10. The zero-order chi connectivity index (χ0) is 15.2. The standard InChI is InChI=1S/C17H20BrNO2/c1-12-8-15(18)9-14(10-19-2)17(12)21-11-13-4-6-16(20-3)7-5-13/h4-9,19H,10-11H2,1-3H3. The maximum Gasteiger partial charge on any atom is 0.127 e. The molecule has 0 radical (unpaired) electrons. The molecule has 0 heterocycles. The molecule has 0 saturated carbocycles. The Bertz CT molecular complexity index is 596. The predicted octanol–water partition coefficient (Wildman–Crippen LogP) is 4.06. The second-order valence-corrected chi connectivity index (χ2v) is 5.79. The average Bonchev–Trinajstić information content (AvgIpc) is 2.47. The number of benzene rings is 2. The molecule has 0 aliphatic carbocycles. The first-order valence-corrected chi connectivity index (χ1v) is 7.62. The average molecular weight is 350 g/mol. The number of halogens is 1. The van der Waals surface area contributed by atoms with Gasteiger partial charge in [0.2, 0.25) is 0 Å². The summed E-state index contributed by atoms with van der Waals surface area (Å²) in [5, 5.41) is 3.17. The molecule has 21 heavy (non-hydrogen) atoms. The Kier molecular flexibility index (Phi) is 5.65. The lowest BCUT2D eigenvalue weighted by Crippen LogP contribution is -2.08. The van der Waals surface area contributed by atoms with Gasteiger partial charge in [-0.25, -0.2) is 0 Å². The van der Waals surface area contributed by atoms with Gasteiger partial charge in [-0.15, -0.1) is 0 Å². The van der Waals surface area contributed by atoms with E-state index in [2.05, 4.69) is 40.3 Å². The molecule has 4 heteroatoms. The van der Waals surface area contributed by atoms with Crippen LogP contribution in [0, 0.1) is 6.92 Å². The fourth-order valence-corrected chi connectivity index (χ4v) is 2.82. The van der Waals surface area contributed by atoms with Crippen LogP contribution in [-0.4, -0.2) is 14.2 Å². The maximum atomic E-state index is 6.03. The minimum Gasteiger partial charge on any atom is -0.497 e. The lowest BCUT2D eigenvalue weighted by molar-refractivity contribution is 0.300. The van der Waals surface area contributed by atoms with Gasteiger partial charge >= 0.3 is 0 Å². The molecular weight excluding hydrogens is 330 g/mol. The number of rotatable bonds is 6. The molecule has 0 spiro atoms. The fraction of sp³-hybridized carbons (Fsp3) is 0.294. The first kappa shape index (κ1) is 15.9. The number of aryl methyl sites for hydroxylation is 1. The molecular formula is C17H20BrNO2. The Balaban J connectivity index is 2.14. The summed E-state index contributed by atoms with van der Waals surface area (Å²) in [6.07, 6.45) is 0. The van der Waals surface area contributed by atoms with Gasteiger partial charge < -0.3 is 14.8 Å². The molecule has 1 N–H and O–H groups in total. The van der Waals surface area contributed by atoms with E-state index < -0.39 is 0 Å². The van der Waals surface area contributed by atoms with Crippen molar-refractivity contribution in [3.63, 3.8) is 0 Å². The number of nitrogens with one attached hydrogen (secondary N) is 1. The highest BCUT2D eigenvalue weighted by Crippen LogP contribution is 2.29. The minimum absolute atomic E-state index is 0.545. The molecule has 0 aliphatic rings. The van der Waals surface area contributed by atoms with E-state index >= 15 is 0 Å². The molecule has 0 bridgehead atoms. The van der Waals surface area contributed by atoms with Crippen molar-refractivity contribution in [1.82, 2.24) is 5.32 Å². The Morgan fingerprint density at radius 3 is 2.48 bits per heavy atom. The highest BCUT2D eigenvalue weighted by atomic mass is 79.9. The van der Waals surface area contributed by atoms with Gasteiger partial charge in [0.25, 0.3) is 0 Å². The van der Waals surface area contributed by atoms with E-state index in [0.717, 1.165) is 39.2 Å². The van der Waals surface area contributed by atoms with Crippen molar-refractivity contribution < 1.29 is 9.47 Å². The van der Waals surface area contributed by atoms with Gasteiger partial charge in [0.15, 0.2) is 0 Å². The second kappa shape index (κ2) is 7.48. The Morgan fingerprint density at radius 1 is 1.14 bits per heavy atom. The maximum absolute atomic E-state index is 6.03. The largest absolute Gasteiger partial charge is 0.497 e. The summed E-state index contributed by atoms with van der Waals surface area (Å²) in [5.74, 6) is 1.80. The second-order valence-electron chi connectivity index (χ2n) is 4.88. The summed E-state index contributed by atoms with van der Waals surface area (Å²) in [5.41, 5.74) is 3.40. The van der Waals surface area contributed by atoms with Gasteiger partial charge in [-0.3, -0.25) is 0 Å². The van der Waals surface area contributed by atoms with E-state index in [0.29, 0.717) is 6.61 Å². The molecule has 0 unspecified atom stereocenters. The summed E-state index contributed by atoms with van der Waals surface area (Å²) >= 11 is 3.53. The van der Waals surface area contributed by atoms with Crippen LogP contribution >= 0.6 is 15.9 Å². The monoisotopic (exact) mass is 349 g/mol. The van der Waals surface area contributed by atoms with Crippen molar-refractivity contribution in [3.05, 3.63) is 57.6 Å². The first-order valence-electron chi connectivity index (χ1n) is 6.83. The van der Waals surface area contributed by atoms with Crippen LogP contribution in [-0.2, 0) is 13.2 Å². The van der Waals surface area contributed by atoms with Crippen molar-refractivity contribution in [1.29, 1.82) is 0 Å². The molecule has 2 aromatic rings. The Labute approximate surface area is 134 Å². The van der Waals surface area contributed by atoms with Gasteiger partial charge in [-0.05, 0) is 49.4 Å². The van der Waals surface area contributed by atoms with Crippen LogP contribution in [0.25, 0.3) is 0 Å². The van der Waals surface area contributed by atoms with Crippen molar-refractivity contribution >= 4 is 15.9 Å². The number of ether oxygens (including phenoxy) is 2. The summed E-state index contributed by atoms with van der Waals surface area (Å²) in [4.78, 5) is 0. The van der Waals surface area contributed by atoms with E-state index in [1.54, 1.807) is 7.11 Å². The zero-order valence-electron chi connectivity index (χ0n) is 12.6. The molecule has 0 saturated heterocycles. The molecule has 2 aromatic carbocycles. The van der Waals surface area contributed by atoms with E-state index in [1.807, 2.05) is 31.3 Å². The molecule has 2 rings (SSSR count). The highest BCUT2D eigenvalue weighted by Gasteiger charge is 2.09. The molecule has 0 atom stereocenters. The van der Waals surface area contributed by atoms with E-state index in [9.17, 15) is 0 Å². The van der Waals surface area contributed by atoms with Crippen molar-refractivity contribution in [2.45, 2.75) is 20.1 Å². The van der Waals surface area contributed by atoms with Crippen LogP contribution < -0.4 is 14.8 Å². The summed E-state index contributed by atoms with van der Waals surface area (Å²) in [6.45, 7) is 3.38. The summed E-state index contributed by atoms with van der Waals surface area (Å²) < 4.78 is 12.3. The smallest absolute Gasteiger partial charge is 0.127 e. The lowest BCUT2D eigenvalue weighted by atomic mass is 10.1. The van der Waals surface area contributed by atoms with Crippen LogP contribution in [0.1, 0.15) is 16.7 Å². The number of methoxy groups -OCH3 is 1. The Morgan fingerprint density at radius 2 is 1.86 bits per heavy atom. The molecule has 112 valence electrons. The molecule has 0 amide bonds. The van der Waals surface area contributed by atoms with Crippen LogP contribution in [0.4, 0.5) is 0 Å². The summed E-state index contributed by atoms with van der Waals surface area (Å²) in [7, 11) is 3.60. The van der Waals surface area contributed by atoms with Crippen molar-refractivity contribution in [2.75, 3.05) is 14.2 Å². The molecule has 0 aromatic heterocycles. The fourth-order valence-electron chi connectivity index (χ4n) is 2.20. The van der Waals surface area contributed by atoms with Gasteiger partial charge in [0.1, 0.15) is 18.1 Å². The van der Waals surface area contributed by atoms with Crippen LogP contribution in [0.2, 0.25) is 0 Å². The van der Waals surface area contributed by atoms with Gasteiger partial charge in [0, 0.05) is 16.6 Å². The van der Waals surface area contributed by atoms with Crippen molar-refractivity contribution in [2.24, 2.45) is 0 Å². The quantitative estimate of drug-likeness (QED) is 0.852. The third-order valence-corrected chi connectivity index (χ3v) is 3.68.